The highest BCUT2D eigenvalue weighted by atomic mass is 16.7. The Bertz CT molecular complexity index is 200. The molecule has 0 aromatic rings. The quantitative estimate of drug-likeness (QED) is 0.349. The topological polar surface area (TPSA) is 108 Å². The first-order valence-electron chi connectivity index (χ1n) is 3.82. The first kappa shape index (κ1) is 10.2. The van der Waals surface area contributed by atoms with Gasteiger partial charge in [0.15, 0.2) is 0 Å². The van der Waals surface area contributed by atoms with Gasteiger partial charge in [-0.15, -0.1) is 0 Å². The summed E-state index contributed by atoms with van der Waals surface area (Å²) in [6.45, 7) is 0.196. The van der Waals surface area contributed by atoms with E-state index in [1.165, 1.54) is 0 Å². The highest BCUT2D eigenvalue weighted by molar-refractivity contribution is 4.79. The van der Waals surface area contributed by atoms with Crippen LogP contribution in [0.4, 0.5) is 0 Å². The second-order valence-corrected chi connectivity index (χ2v) is 2.67. The number of azide groups is 1. The van der Waals surface area contributed by atoms with Crippen molar-refractivity contribution in [1.82, 2.24) is 0 Å². The van der Waals surface area contributed by atoms with Crippen LogP contribution in [0.15, 0.2) is 5.11 Å². The van der Waals surface area contributed by atoms with Crippen LogP contribution in [0.25, 0.3) is 10.4 Å². The molecule has 1 aliphatic rings. The summed E-state index contributed by atoms with van der Waals surface area (Å²) in [6, 6.07) is 0. The summed E-state index contributed by atoms with van der Waals surface area (Å²) in [5, 5.41) is 21.8. The van der Waals surface area contributed by atoms with Crippen LogP contribution < -0.4 is 0 Å². The van der Waals surface area contributed by atoms with Crippen molar-refractivity contribution in [2.75, 3.05) is 19.9 Å². The molecule has 0 aromatic heterocycles. The van der Waals surface area contributed by atoms with Gasteiger partial charge >= 0.3 is 0 Å². The van der Waals surface area contributed by atoms with Gasteiger partial charge in [-0.25, -0.2) is 0 Å². The van der Waals surface area contributed by atoms with E-state index in [0.29, 0.717) is 0 Å². The Kier molecular flexibility index (Phi) is 3.94. The van der Waals surface area contributed by atoms with Crippen molar-refractivity contribution < 1.29 is 19.7 Å². The minimum absolute atomic E-state index is 0.121. The zero-order chi connectivity index (χ0) is 9.68. The third-order valence-corrected chi connectivity index (χ3v) is 1.75. The number of hydrogen-bond donors (Lipinski definition) is 2. The SMILES string of the molecule is [N-]=[N+]=NC[C@@H](O)[C@H](O)[C@H]1COCO1. The third-order valence-electron chi connectivity index (χ3n) is 1.75. The van der Waals surface area contributed by atoms with E-state index in [1.54, 1.807) is 0 Å². The molecule has 3 atom stereocenters. The fourth-order valence-corrected chi connectivity index (χ4v) is 1.02. The molecule has 0 amide bonds. The van der Waals surface area contributed by atoms with Crippen molar-refractivity contribution in [2.45, 2.75) is 18.3 Å². The standard InChI is InChI=1S/C6H11N3O4/c7-9-8-1-4(10)6(11)5-2-12-3-13-5/h4-6,10-11H,1-3H2/t4-,5-,6+/m1/s1. The molecule has 1 fully saturated rings. The summed E-state index contributed by atoms with van der Waals surface area (Å²) >= 11 is 0. The molecule has 74 valence electrons. The first-order valence-corrected chi connectivity index (χ1v) is 3.82. The molecule has 1 heterocycles. The molecule has 0 bridgehead atoms. The van der Waals surface area contributed by atoms with E-state index in [1.807, 2.05) is 0 Å². The zero-order valence-corrected chi connectivity index (χ0v) is 6.91. The summed E-state index contributed by atoms with van der Waals surface area (Å²) in [4.78, 5) is 2.47. The van der Waals surface area contributed by atoms with E-state index >= 15 is 0 Å². The Morgan fingerprint density at radius 1 is 1.62 bits per heavy atom. The highest BCUT2D eigenvalue weighted by Gasteiger charge is 2.29. The molecule has 13 heavy (non-hydrogen) atoms. The monoisotopic (exact) mass is 189 g/mol. The smallest absolute Gasteiger partial charge is 0.147 e. The predicted octanol–water partition coefficient (Wildman–Crippen LogP) is -0.609. The van der Waals surface area contributed by atoms with Crippen molar-refractivity contribution in [3.8, 4) is 0 Å². The third kappa shape index (κ3) is 2.83. The van der Waals surface area contributed by atoms with E-state index < -0.39 is 18.3 Å². The van der Waals surface area contributed by atoms with Gasteiger partial charge in [-0.2, -0.15) is 0 Å². The lowest BCUT2D eigenvalue weighted by Gasteiger charge is -2.19. The molecule has 2 N–H and O–H groups in total. The van der Waals surface area contributed by atoms with Crippen LogP contribution >= 0.6 is 0 Å². The van der Waals surface area contributed by atoms with E-state index in [9.17, 15) is 10.2 Å². The molecule has 0 spiro atoms. The lowest BCUT2D eigenvalue weighted by atomic mass is 10.1. The van der Waals surface area contributed by atoms with Crippen LogP contribution in [0, 0.1) is 0 Å². The first-order chi connectivity index (χ1) is 6.25. The molecule has 0 radical (unpaired) electrons. The molecule has 1 aliphatic heterocycles. The fourth-order valence-electron chi connectivity index (χ4n) is 1.02. The lowest BCUT2D eigenvalue weighted by Crippen LogP contribution is -2.40. The normalized spacial score (nSPS) is 26.5. The number of nitrogens with zero attached hydrogens (tertiary/aromatic N) is 3. The maximum Gasteiger partial charge on any atom is 0.147 e. The van der Waals surface area contributed by atoms with Crippen LogP contribution in [0.5, 0.6) is 0 Å². The largest absolute Gasteiger partial charge is 0.390 e. The lowest BCUT2D eigenvalue weighted by molar-refractivity contribution is -0.0633. The Morgan fingerprint density at radius 2 is 2.38 bits per heavy atom. The van der Waals surface area contributed by atoms with Crippen molar-refractivity contribution in [3.63, 3.8) is 0 Å². The molecular weight excluding hydrogens is 178 g/mol. The summed E-state index contributed by atoms with van der Waals surface area (Å²) < 4.78 is 9.78. The molecule has 0 saturated carbocycles. The summed E-state index contributed by atoms with van der Waals surface area (Å²) in [7, 11) is 0. The molecule has 7 nitrogen and oxygen atoms in total. The van der Waals surface area contributed by atoms with E-state index in [0.717, 1.165) is 0 Å². The maximum absolute atomic E-state index is 9.41. The Hall–Kier alpha value is -0.850. The van der Waals surface area contributed by atoms with Gasteiger partial charge in [-0.05, 0) is 5.53 Å². The van der Waals surface area contributed by atoms with Crippen molar-refractivity contribution in [3.05, 3.63) is 10.4 Å². The van der Waals surface area contributed by atoms with Gasteiger partial charge in [0, 0.05) is 4.91 Å². The van der Waals surface area contributed by atoms with Gasteiger partial charge < -0.3 is 19.7 Å². The fraction of sp³-hybridized carbons (Fsp3) is 1.00. The van der Waals surface area contributed by atoms with E-state index in [4.69, 9.17) is 15.0 Å². The van der Waals surface area contributed by atoms with Gasteiger partial charge in [0.05, 0.1) is 19.3 Å². The van der Waals surface area contributed by atoms with Crippen molar-refractivity contribution >= 4 is 0 Å². The molecule has 1 rings (SSSR count). The number of rotatable bonds is 4. The predicted molar refractivity (Wildman–Crippen MR) is 41.7 cm³/mol. The Balaban J connectivity index is 2.35. The highest BCUT2D eigenvalue weighted by Crippen LogP contribution is 2.11. The van der Waals surface area contributed by atoms with Gasteiger partial charge in [0.1, 0.15) is 19.0 Å². The van der Waals surface area contributed by atoms with E-state index in [-0.39, 0.29) is 19.9 Å². The van der Waals surface area contributed by atoms with Crippen LogP contribution in [0.3, 0.4) is 0 Å². The van der Waals surface area contributed by atoms with Gasteiger partial charge in [0.2, 0.25) is 0 Å². The van der Waals surface area contributed by atoms with Gasteiger partial charge in [-0.1, -0.05) is 5.11 Å². The van der Waals surface area contributed by atoms with Crippen LogP contribution in [0.1, 0.15) is 0 Å². The molecule has 0 aromatic carbocycles. The summed E-state index contributed by atoms with van der Waals surface area (Å²) in [5.41, 5.74) is 7.97. The number of ether oxygens (including phenoxy) is 2. The molecule has 7 heteroatoms. The second-order valence-electron chi connectivity index (χ2n) is 2.67. The molecule has 0 unspecified atom stereocenters. The minimum atomic E-state index is -1.11. The van der Waals surface area contributed by atoms with Gasteiger partial charge in [0.25, 0.3) is 0 Å². The molecular formula is C6H11N3O4. The number of aliphatic hydroxyl groups is 2. The van der Waals surface area contributed by atoms with Crippen molar-refractivity contribution in [2.24, 2.45) is 5.11 Å². The number of hydrogen-bond acceptors (Lipinski definition) is 5. The van der Waals surface area contributed by atoms with E-state index in [2.05, 4.69) is 10.0 Å². The Labute approximate surface area is 74.5 Å². The average Bonchev–Trinajstić information content (AvgIpc) is 2.65. The average molecular weight is 189 g/mol. The summed E-state index contributed by atoms with van der Waals surface area (Å²) in [5.74, 6) is 0. The minimum Gasteiger partial charge on any atom is -0.390 e. The van der Waals surface area contributed by atoms with Crippen LogP contribution in [-0.2, 0) is 9.47 Å². The summed E-state index contributed by atoms with van der Waals surface area (Å²) in [6.07, 6.45) is -2.72. The van der Waals surface area contributed by atoms with Crippen LogP contribution in [-0.4, -0.2) is 48.5 Å². The van der Waals surface area contributed by atoms with Crippen molar-refractivity contribution in [1.29, 1.82) is 0 Å². The molecule has 1 saturated heterocycles. The van der Waals surface area contributed by atoms with Gasteiger partial charge in [-0.3, -0.25) is 0 Å². The zero-order valence-electron chi connectivity index (χ0n) is 6.91. The Morgan fingerprint density at radius 3 is 2.92 bits per heavy atom. The molecule has 0 aliphatic carbocycles. The van der Waals surface area contributed by atoms with Crippen LogP contribution in [0.2, 0.25) is 0 Å². The number of aliphatic hydroxyl groups excluding tert-OH is 2. The maximum atomic E-state index is 9.41. The second kappa shape index (κ2) is 5.00.